The van der Waals surface area contributed by atoms with Gasteiger partial charge in [-0.2, -0.15) is 0 Å². The molecule has 146 valence electrons. The third kappa shape index (κ3) is 4.93. The van der Waals surface area contributed by atoms with Crippen LogP contribution in [0.4, 0.5) is 5.69 Å². The summed E-state index contributed by atoms with van der Waals surface area (Å²) in [5.74, 6) is 0.596. The smallest absolute Gasteiger partial charge is 0.234 e. The average molecular weight is 476 g/mol. The highest BCUT2D eigenvalue weighted by Crippen LogP contribution is 2.30. The second kappa shape index (κ2) is 9.37. The van der Waals surface area contributed by atoms with Gasteiger partial charge in [-0.05, 0) is 43.3 Å². The second-order valence-electron chi connectivity index (χ2n) is 5.64. The van der Waals surface area contributed by atoms with Crippen LogP contribution in [0.3, 0.4) is 0 Å². The molecular formula is C18H14Cl4N4OS. The number of halogens is 4. The van der Waals surface area contributed by atoms with E-state index in [1.165, 1.54) is 11.8 Å². The van der Waals surface area contributed by atoms with Crippen molar-refractivity contribution in [3.63, 3.8) is 0 Å². The van der Waals surface area contributed by atoms with Gasteiger partial charge >= 0.3 is 0 Å². The highest BCUT2D eigenvalue weighted by atomic mass is 35.5. The maximum absolute atomic E-state index is 12.3. The predicted molar refractivity (Wildman–Crippen MR) is 117 cm³/mol. The van der Waals surface area contributed by atoms with Crippen molar-refractivity contribution in [3.8, 4) is 11.4 Å². The summed E-state index contributed by atoms with van der Waals surface area (Å²) < 4.78 is 1.91. The van der Waals surface area contributed by atoms with E-state index in [2.05, 4.69) is 15.5 Å². The Labute approximate surface area is 186 Å². The number of aromatic nitrogens is 3. The molecule has 0 aliphatic heterocycles. The molecule has 1 aromatic heterocycles. The number of carbonyl (C=O) groups excluding carboxylic acids is 1. The lowest BCUT2D eigenvalue weighted by Crippen LogP contribution is -2.15. The van der Waals surface area contributed by atoms with E-state index in [1.54, 1.807) is 30.3 Å². The average Bonchev–Trinajstić information content (AvgIpc) is 3.07. The summed E-state index contributed by atoms with van der Waals surface area (Å²) >= 11 is 25.3. The molecule has 28 heavy (non-hydrogen) atoms. The largest absolute Gasteiger partial charge is 0.324 e. The van der Waals surface area contributed by atoms with Gasteiger partial charge in [0.15, 0.2) is 11.0 Å². The van der Waals surface area contributed by atoms with Gasteiger partial charge in [0.25, 0.3) is 0 Å². The number of hydrogen-bond donors (Lipinski definition) is 1. The highest BCUT2D eigenvalue weighted by molar-refractivity contribution is 7.99. The number of nitrogens with one attached hydrogen (secondary N) is 1. The van der Waals surface area contributed by atoms with E-state index in [0.29, 0.717) is 43.3 Å². The summed E-state index contributed by atoms with van der Waals surface area (Å²) in [5, 5.41) is 13.6. The van der Waals surface area contributed by atoms with Crippen LogP contribution in [0.25, 0.3) is 11.4 Å². The Kier molecular flexibility index (Phi) is 7.12. The Bertz CT molecular complexity index is 1020. The first-order chi connectivity index (χ1) is 13.4. The number of anilines is 1. The molecule has 5 nitrogen and oxygen atoms in total. The molecule has 0 saturated heterocycles. The summed E-state index contributed by atoms with van der Waals surface area (Å²) in [6.07, 6.45) is 0. The van der Waals surface area contributed by atoms with Crippen LogP contribution in [0.1, 0.15) is 6.92 Å². The Balaban J connectivity index is 1.71. The third-order valence-corrected chi connectivity index (χ3v) is 6.00. The quantitative estimate of drug-likeness (QED) is 0.424. The fourth-order valence-corrected chi connectivity index (χ4v) is 3.99. The van der Waals surface area contributed by atoms with Gasteiger partial charge < -0.3 is 9.88 Å². The minimum atomic E-state index is -0.212. The van der Waals surface area contributed by atoms with Crippen molar-refractivity contribution in [2.24, 2.45) is 0 Å². The number of hydrogen-bond acceptors (Lipinski definition) is 4. The maximum atomic E-state index is 12.3. The molecule has 0 saturated carbocycles. The summed E-state index contributed by atoms with van der Waals surface area (Å²) in [4.78, 5) is 12.3. The fourth-order valence-electron chi connectivity index (χ4n) is 2.44. The Morgan fingerprint density at radius 3 is 2.50 bits per heavy atom. The van der Waals surface area contributed by atoms with Gasteiger partial charge in [-0.1, -0.05) is 58.2 Å². The Hall–Kier alpha value is -1.44. The molecule has 2 aromatic carbocycles. The number of carbonyl (C=O) groups is 1. The maximum Gasteiger partial charge on any atom is 0.234 e. The van der Waals surface area contributed by atoms with Crippen LogP contribution in [-0.2, 0) is 11.3 Å². The van der Waals surface area contributed by atoms with Crippen LogP contribution in [-0.4, -0.2) is 26.4 Å². The van der Waals surface area contributed by atoms with Crippen LogP contribution in [0.5, 0.6) is 0 Å². The summed E-state index contributed by atoms with van der Waals surface area (Å²) in [7, 11) is 0. The Morgan fingerprint density at radius 1 is 1.04 bits per heavy atom. The van der Waals surface area contributed by atoms with E-state index in [1.807, 2.05) is 17.6 Å². The van der Waals surface area contributed by atoms with Gasteiger partial charge in [0.2, 0.25) is 5.91 Å². The normalized spacial score (nSPS) is 10.9. The highest BCUT2D eigenvalue weighted by Gasteiger charge is 2.16. The van der Waals surface area contributed by atoms with E-state index in [0.717, 1.165) is 5.56 Å². The summed E-state index contributed by atoms with van der Waals surface area (Å²) in [6, 6.07) is 10.2. The van der Waals surface area contributed by atoms with E-state index >= 15 is 0 Å². The number of rotatable bonds is 6. The molecule has 1 heterocycles. The molecule has 3 aromatic rings. The van der Waals surface area contributed by atoms with Crippen LogP contribution >= 0.6 is 58.2 Å². The van der Waals surface area contributed by atoms with Gasteiger partial charge in [-0.25, -0.2) is 0 Å². The first-order valence-corrected chi connectivity index (χ1v) is 10.6. The van der Waals surface area contributed by atoms with Gasteiger partial charge in [0.1, 0.15) is 0 Å². The van der Waals surface area contributed by atoms with E-state index in [4.69, 9.17) is 46.4 Å². The monoisotopic (exact) mass is 474 g/mol. The van der Waals surface area contributed by atoms with Crippen molar-refractivity contribution in [2.75, 3.05) is 11.1 Å². The van der Waals surface area contributed by atoms with Gasteiger partial charge in [0.05, 0.1) is 26.5 Å². The fraction of sp³-hybridized carbons (Fsp3) is 0.167. The summed E-state index contributed by atoms with van der Waals surface area (Å²) in [6.45, 7) is 2.61. The van der Waals surface area contributed by atoms with Gasteiger partial charge in [-0.3, -0.25) is 4.79 Å². The van der Waals surface area contributed by atoms with Crippen LogP contribution in [0.2, 0.25) is 20.1 Å². The molecule has 0 aliphatic rings. The summed E-state index contributed by atoms with van der Waals surface area (Å²) in [5.41, 5.74) is 1.30. The van der Waals surface area contributed by atoms with Crippen molar-refractivity contribution < 1.29 is 4.79 Å². The minimum absolute atomic E-state index is 0.151. The van der Waals surface area contributed by atoms with Crippen LogP contribution in [0.15, 0.2) is 41.6 Å². The van der Waals surface area contributed by atoms with Crippen molar-refractivity contribution in [1.82, 2.24) is 14.8 Å². The first kappa shape index (κ1) is 21.3. The lowest BCUT2D eigenvalue weighted by Gasteiger charge is -2.09. The third-order valence-electron chi connectivity index (χ3n) is 3.75. The predicted octanol–water partition coefficient (Wildman–Crippen LogP) is 6.31. The van der Waals surface area contributed by atoms with E-state index in [9.17, 15) is 4.79 Å². The standard InChI is InChI=1S/C18H14Cl4N4OS/c1-2-26-17(10-3-5-12(20)13(21)7-10)24-25-18(26)28-9-16(27)23-15-6-4-11(19)8-14(15)22/h3-8H,2,9H2,1H3,(H,23,27). The molecule has 0 aliphatic carbocycles. The van der Waals surface area contributed by atoms with Crippen molar-refractivity contribution in [1.29, 1.82) is 0 Å². The zero-order chi connectivity index (χ0) is 20.3. The lowest BCUT2D eigenvalue weighted by atomic mass is 10.2. The number of nitrogens with zero attached hydrogens (tertiary/aromatic N) is 3. The molecular weight excluding hydrogens is 462 g/mol. The molecule has 1 N–H and O–H groups in total. The number of benzene rings is 2. The van der Waals surface area contributed by atoms with Gasteiger partial charge in [-0.15, -0.1) is 10.2 Å². The topological polar surface area (TPSA) is 59.8 Å². The molecule has 3 rings (SSSR count). The molecule has 1 amide bonds. The molecule has 0 radical (unpaired) electrons. The molecule has 0 spiro atoms. The van der Waals surface area contributed by atoms with E-state index in [-0.39, 0.29) is 11.7 Å². The zero-order valence-electron chi connectivity index (χ0n) is 14.5. The lowest BCUT2D eigenvalue weighted by molar-refractivity contribution is -0.113. The molecule has 0 atom stereocenters. The van der Waals surface area contributed by atoms with Crippen molar-refractivity contribution in [2.45, 2.75) is 18.6 Å². The van der Waals surface area contributed by atoms with Crippen LogP contribution < -0.4 is 5.32 Å². The minimum Gasteiger partial charge on any atom is -0.324 e. The second-order valence-corrected chi connectivity index (χ2v) is 8.24. The van der Waals surface area contributed by atoms with E-state index < -0.39 is 0 Å². The molecule has 10 heteroatoms. The van der Waals surface area contributed by atoms with Crippen molar-refractivity contribution >= 4 is 69.8 Å². The first-order valence-electron chi connectivity index (χ1n) is 8.15. The number of amides is 1. The van der Waals surface area contributed by atoms with Crippen molar-refractivity contribution in [3.05, 3.63) is 56.5 Å². The Morgan fingerprint density at radius 2 is 1.82 bits per heavy atom. The SMILES string of the molecule is CCn1c(SCC(=O)Nc2ccc(Cl)cc2Cl)nnc1-c1ccc(Cl)c(Cl)c1. The van der Waals surface area contributed by atoms with Gasteiger partial charge in [0, 0.05) is 17.1 Å². The molecule has 0 fully saturated rings. The van der Waals surface area contributed by atoms with Crippen LogP contribution in [0, 0.1) is 0 Å². The molecule has 0 bridgehead atoms. The zero-order valence-corrected chi connectivity index (χ0v) is 18.4. The molecule has 0 unspecified atom stereocenters. The number of thioether (sulfide) groups is 1.